The number of para-hydroxylation sites is 1. The van der Waals surface area contributed by atoms with Gasteiger partial charge in [0.2, 0.25) is 23.2 Å². The summed E-state index contributed by atoms with van der Waals surface area (Å²) < 4.78 is 12.6. The van der Waals surface area contributed by atoms with Crippen molar-refractivity contribution in [3.05, 3.63) is 71.4 Å². The average Bonchev–Trinajstić information content (AvgIpc) is 3.34. The number of carbonyl (C=O) groups excluding carboxylic acids is 1. The van der Waals surface area contributed by atoms with Crippen molar-refractivity contribution in [1.29, 1.82) is 0 Å². The van der Waals surface area contributed by atoms with Gasteiger partial charge in [0.1, 0.15) is 5.76 Å². The molecule has 0 aliphatic carbocycles. The Hall–Kier alpha value is -3.36. The number of ether oxygens (including phenoxy) is 1. The molecule has 1 aliphatic heterocycles. The minimum atomic E-state index is -0.875. The standard InChI is InChI=1S/C28H27ClN4O3S/c1-3-4-5-8-17-37-28-30-26-25(31-32-28)21-9-6-7-10-22(21)33(18(2)34)27(36-26)24-16-15-23(35-24)19-11-13-20(29)14-12-19/h6-7,9-16,27H,3-5,8,17H2,1-2H3/t27-/m0/s1. The zero-order valence-electron chi connectivity index (χ0n) is 20.7. The number of amides is 1. The second-order valence-electron chi connectivity index (χ2n) is 8.74. The molecule has 0 saturated heterocycles. The van der Waals surface area contributed by atoms with Crippen LogP contribution in [0, 0.1) is 0 Å². The Morgan fingerprint density at radius 3 is 2.62 bits per heavy atom. The van der Waals surface area contributed by atoms with Crippen LogP contribution in [0.25, 0.3) is 22.6 Å². The maximum absolute atomic E-state index is 13.0. The lowest BCUT2D eigenvalue weighted by Crippen LogP contribution is -2.35. The molecule has 0 radical (unpaired) electrons. The minimum absolute atomic E-state index is 0.201. The second kappa shape index (κ2) is 11.4. The Bertz CT molecular complexity index is 1390. The Labute approximate surface area is 225 Å². The first-order chi connectivity index (χ1) is 18.0. The van der Waals surface area contributed by atoms with E-state index in [1.807, 2.05) is 48.5 Å². The molecule has 1 amide bonds. The maximum Gasteiger partial charge on any atom is 0.247 e. The lowest BCUT2D eigenvalue weighted by Gasteiger charge is -2.28. The lowest BCUT2D eigenvalue weighted by atomic mass is 10.1. The Balaban J connectivity index is 1.52. The van der Waals surface area contributed by atoms with Gasteiger partial charge in [-0.05, 0) is 48.9 Å². The van der Waals surface area contributed by atoms with Crippen molar-refractivity contribution in [3.8, 4) is 28.5 Å². The van der Waals surface area contributed by atoms with Crippen LogP contribution in [0.3, 0.4) is 0 Å². The van der Waals surface area contributed by atoms with Crippen molar-refractivity contribution in [1.82, 2.24) is 15.2 Å². The first-order valence-electron chi connectivity index (χ1n) is 12.3. The SMILES string of the molecule is CCCCCCSc1nnc2c(n1)O[C@@H](c1ccc(-c3ccc(Cl)cc3)o1)N(C(C)=O)c1ccccc1-2. The van der Waals surface area contributed by atoms with E-state index >= 15 is 0 Å². The molecule has 0 bridgehead atoms. The third kappa shape index (κ3) is 5.50. The number of nitrogens with zero attached hydrogens (tertiary/aromatic N) is 4. The van der Waals surface area contributed by atoms with E-state index in [1.165, 1.54) is 26.2 Å². The number of rotatable bonds is 8. The highest BCUT2D eigenvalue weighted by Crippen LogP contribution is 2.44. The van der Waals surface area contributed by atoms with Crippen LogP contribution in [0.2, 0.25) is 5.02 Å². The molecule has 7 nitrogen and oxygen atoms in total. The van der Waals surface area contributed by atoms with Gasteiger partial charge in [0.25, 0.3) is 0 Å². The highest BCUT2D eigenvalue weighted by atomic mass is 35.5. The number of benzene rings is 2. The number of unbranched alkanes of at least 4 members (excludes halogenated alkanes) is 3. The molecule has 2 aromatic heterocycles. The number of aromatic nitrogens is 3. The molecule has 190 valence electrons. The van der Waals surface area contributed by atoms with Gasteiger partial charge < -0.3 is 9.15 Å². The fraction of sp³-hybridized carbons (Fsp3) is 0.286. The molecule has 9 heteroatoms. The third-order valence-corrected chi connectivity index (χ3v) is 7.25. The van der Waals surface area contributed by atoms with Crippen molar-refractivity contribution in [3.63, 3.8) is 0 Å². The average molecular weight is 535 g/mol. The summed E-state index contributed by atoms with van der Waals surface area (Å²) >= 11 is 7.61. The minimum Gasteiger partial charge on any atom is -0.455 e. The van der Waals surface area contributed by atoms with Crippen LogP contribution in [0.15, 0.2) is 70.2 Å². The fourth-order valence-electron chi connectivity index (χ4n) is 4.25. The molecule has 1 atom stereocenters. The summed E-state index contributed by atoms with van der Waals surface area (Å²) in [4.78, 5) is 19.3. The second-order valence-corrected chi connectivity index (χ2v) is 10.2. The van der Waals surface area contributed by atoms with Crippen LogP contribution >= 0.6 is 23.4 Å². The van der Waals surface area contributed by atoms with Crippen LogP contribution < -0.4 is 9.64 Å². The van der Waals surface area contributed by atoms with Crippen LogP contribution in [-0.4, -0.2) is 26.8 Å². The molecular formula is C28H27ClN4O3S. The van der Waals surface area contributed by atoms with Gasteiger partial charge in [0.05, 0.1) is 5.69 Å². The van der Waals surface area contributed by atoms with Gasteiger partial charge >= 0.3 is 0 Å². The molecule has 0 unspecified atom stereocenters. The topological polar surface area (TPSA) is 81.3 Å². The predicted molar refractivity (Wildman–Crippen MR) is 146 cm³/mol. The van der Waals surface area contributed by atoms with Crippen molar-refractivity contribution >= 4 is 35.0 Å². The summed E-state index contributed by atoms with van der Waals surface area (Å²) in [6, 6.07) is 18.6. The zero-order valence-corrected chi connectivity index (χ0v) is 22.3. The first-order valence-corrected chi connectivity index (χ1v) is 13.7. The van der Waals surface area contributed by atoms with Crippen molar-refractivity contribution in [2.45, 2.75) is 50.9 Å². The van der Waals surface area contributed by atoms with E-state index in [9.17, 15) is 4.79 Å². The zero-order chi connectivity index (χ0) is 25.8. The van der Waals surface area contributed by atoms with Crippen LogP contribution in [0.4, 0.5) is 5.69 Å². The van der Waals surface area contributed by atoms with E-state index in [4.69, 9.17) is 25.7 Å². The molecule has 37 heavy (non-hydrogen) atoms. The number of thioether (sulfide) groups is 1. The summed E-state index contributed by atoms with van der Waals surface area (Å²) in [6.45, 7) is 3.70. The third-order valence-electron chi connectivity index (χ3n) is 6.08. The number of hydrogen-bond acceptors (Lipinski definition) is 7. The van der Waals surface area contributed by atoms with E-state index in [1.54, 1.807) is 28.8 Å². The van der Waals surface area contributed by atoms with Gasteiger partial charge in [-0.3, -0.25) is 9.69 Å². The molecule has 3 heterocycles. The van der Waals surface area contributed by atoms with Crippen LogP contribution in [0.5, 0.6) is 5.88 Å². The summed E-state index contributed by atoms with van der Waals surface area (Å²) in [6.07, 6.45) is 3.79. The maximum atomic E-state index is 13.0. The Morgan fingerprint density at radius 2 is 1.84 bits per heavy atom. The molecule has 0 saturated carbocycles. The summed E-state index contributed by atoms with van der Waals surface area (Å²) in [7, 11) is 0. The quantitative estimate of drug-likeness (QED) is 0.170. The number of furan rings is 1. The van der Waals surface area contributed by atoms with E-state index in [0.29, 0.717) is 39.0 Å². The van der Waals surface area contributed by atoms with Crippen LogP contribution in [0.1, 0.15) is 51.5 Å². The van der Waals surface area contributed by atoms with Gasteiger partial charge in [-0.1, -0.05) is 67.7 Å². The van der Waals surface area contributed by atoms with E-state index in [2.05, 4.69) is 17.1 Å². The van der Waals surface area contributed by atoms with E-state index in [-0.39, 0.29) is 5.91 Å². The van der Waals surface area contributed by atoms with E-state index in [0.717, 1.165) is 23.3 Å². The number of fused-ring (bicyclic) bond motifs is 3. The van der Waals surface area contributed by atoms with Crippen LogP contribution in [-0.2, 0) is 4.79 Å². The number of carbonyl (C=O) groups is 1. The molecule has 0 N–H and O–H groups in total. The number of hydrogen-bond donors (Lipinski definition) is 0. The van der Waals surface area contributed by atoms with Gasteiger partial charge in [-0.25, -0.2) is 0 Å². The van der Waals surface area contributed by atoms with Crippen molar-refractivity contribution in [2.75, 3.05) is 10.7 Å². The molecular weight excluding hydrogens is 508 g/mol. The molecule has 2 aromatic carbocycles. The molecule has 5 rings (SSSR count). The normalized spacial score (nSPS) is 14.5. The molecule has 1 aliphatic rings. The molecule has 0 spiro atoms. The largest absolute Gasteiger partial charge is 0.455 e. The highest BCUT2D eigenvalue weighted by Gasteiger charge is 2.36. The first kappa shape index (κ1) is 25.3. The Morgan fingerprint density at radius 1 is 1.03 bits per heavy atom. The molecule has 4 aromatic rings. The fourth-order valence-corrected chi connectivity index (χ4v) is 5.15. The van der Waals surface area contributed by atoms with E-state index < -0.39 is 6.23 Å². The lowest BCUT2D eigenvalue weighted by molar-refractivity contribution is -0.118. The van der Waals surface area contributed by atoms with Gasteiger partial charge in [-0.15, -0.1) is 10.2 Å². The molecule has 0 fully saturated rings. The van der Waals surface area contributed by atoms with Crippen molar-refractivity contribution in [2.24, 2.45) is 0 Å². The van der Waals surface area contributed by atoms with Gasteiger partial charge in [0.15, 0.2) is 11.5 Å². The highest BCUT2D eigenvalue weighted by molar-refractivity contribution is 7.99. The van der Waals surface area contributed by atoms with Gasteiger partial charge in [-0.2, -0.15) is 4.98 Å². The summed E-state index contributed by atoms with van der Waals surface area (Å²) in [5.41, 5.74) is 2.73. The van der Waals surface area contributed by atoms with Gasteiger partial charge in [0, 0.05) is 28.8 Å². The smallest absolute Gasteiger partial charge is 0.247 e. The predicted octanol–water partition coefficient (Wildman–Crippen LogP) is 7.57. The monoisotopic (exact) mass is 534 g/mol. The number of anilines is 1. The summed E-state index contributed by atoms with van der Waals surface area (Å²) in [5, 5.41) is 10.0. The summed E-state index contributed by atoms with van der Waals surface area (Å²) in [5.74, 6) is 2.13. The number of halogens is 1. The Kier molecular flexibility index (Phi) is 7.76. The van der Waals surface area contributed by atoms with Crippen molar-refractivity contribution < 1.29 is 13.9 Å².